The SMILES string of the molecule is COC(=O)c1ccc(C2C=C(OS(=O)(=O)C(F)(F)F)CCO2)cc1. The van der Waals surface area contributed by atoms with Crippen LogP contribution in [0.1, 0.15) is 28.4 Å². The fourth-order valence-electron chi connectivity index (χ4n) is 1.96. The van der Waals surface area contributed by atoms with Crippen LogP contribution in [0.15, 0.2) is 36.1 Å². The van der Waals surface area contributed by atoms with Crippen molar-refractivity contribution in [1.29, 1.82) is 0 Å². The zero-order chi connectivity index (χ0) is 18.0. The first-order valence-corrected chi connectivity index (χ1v) is 8.06. The van der Waals surface area contributed by atoms with Crippen molar-refractivity contribution >= 4 is 16.1 Å². The Morgan fingerprint density at radius 2 is 1.88 bits per heavy atom. The highest BCUT2D eigenvalue weighted by Crippen LogP contribution is 2.32. The molecule has 6 nitrogen and oxygen atoms in total. The molecule has 24 heavy (non-hydrogen) atoms. The van der Waals surface area contributed by atoms with Gasteiger partial charge in [-0.15, -0.1) is 0 Å². The Bertz CT molecular complexity index is 737. The number of alkyl halides is 3. The number of methoxy groups -OCH3 is 1. The van der Waals surface area contributed by atoms with Crippen molar-refractivity contribution in [3.63, 3.8) is 0 Å². The summed E-state index contributed by atoms with van der Waals surface area (Å²) >= 11 is 0. The van der Waals surface area contributed by atoms with Crippen LogP contribution in [-0.4, -0.2) is 33.6 Å². The van der Waals surface area contributed by atoms with Crippen LogP contribution in [0.4, 0.5) is 13.2 Å². The summed E-state index contributed by atoms with van der Waals surface area (Å²) in [6.07, 6.45) is 0.260. The maximum atomic E-state index is 12.3. The maximum Gasteiger partial charge on any atom is 0.534 e. The average Bonchev–Trinajstić information content (AvgIpc) is 2.53. The molecule has 0 fully saturated rings. The van der Waals surface area contributed by atoms with Gasteiger partial charge >= 0.3 is 21.6 Å². The number of halogens is 3. The van der Waals surface area contributed by atoms with E-state index in [0.29, 0.717) is 5.56 Å². The van der Waals surface area contributed by atoms with E-state index < -0.39 is 27.7 Å². The third kappa shape index (κ3) is 4.06. The number of carbonyl (C=O) groups is 1. The number of hydrogen-bond donors (Lipinski definition) is 0. The third-order valence-electron chi connectivity index (χ3n) is 3.14. The van der Waals surface area contributed by atoms with E-state index in [1.165, 1.54) is 31.4 Å². The molecule has 0 saturated carbocycles. The normalized spacial score (nSPS) is 18.7. The monoisotopic (exact) mass is 366 g/mol. The minimum absolute atomic E-state index is 0.0113. The molecule has 1 aliphatic rings. The zero-order valence-corrected chi connectivity index (χ0v) is 13.2. The van der Waals surface area contributed by atoms with E-state index in [-0.39, 0.29) is 24.4 Å². The van der Waals surface area contributed by atoms with Crippen LogP contribution in [0.5, 0.6) is 0 Å². The van der Waals surface area contributed by atoms with Crippen molar-refractivity contribution in [1.82, 2.24) is 0 Å². The second kappa shape index (κ2) is 6.81. The molecule has 0 saturated heterocycles. The lowest BCUT2D eigenvalue weighted by atomic mass is 10.0. The highest BCUT2D eigenvalue weighted by molar-refractivity contribution is 7.87. The van der Waals surface area contributed by atoms with Gasteiger partial charge < -0.3 is 13.7 Å². The standard InChI is InChI=1S/C14H13F3O6S/c1-21-13(18)10-4-2-9(3-5-10)12-8-11(6-7-22-12)23-24(19,20)14(15,16)17/h2-5,8,12H,6-7H2,1H3. The molecular weight excluding hydrogens is 353 g/mol. The molecule has 1 aromatic rings. The van der Waals surface area contributed by atoms with Crippen LogP contribution in [-0.2, 0) is 23.8 Å². The molecule has 10 heteroatoms. The van der Waals surface area contributed by atoms with Gasteiger partial charge in [0.25, 0.3) is 0 Å². The summed E-state index contributed by atoms with van der Waals surface area (Å²) in [6.45, 7) is -0.0113. The lowest BCUT2D eigenvalue weighted by Gasteiger charge is -2.22. The molecule has 1 heterocycles. The summed E-state index contributed by atoms with van der Waals surface area (Å²) in [7, 11) is -4.48. The molecule has 0 amide bonds. The van der Waals surface area contributed by atoms with Gasteiger partial charge in [0.15, 0.2) is 0 Å². The predicted molar refractivity (Wildman–Crippen MR) is 75.2 cm³/mol. The molecule has 132 valence electrons. The second-order valence-corrected chi connectivity index (χ2v) is 6.31. The lowest BCUT2D eigenvalue weighted by molar-refractivity contribution is -0.0530. The highest BCUT2D eigenvalue weighted by Gasteiger charge is 2.49. The van der Waals surface area contributed by atoms with Gasteiger partial charge in [0, 0.05) is 6.42 Å². The molecule has 0 radical (unpaired) electrons. The minimum atomic E-state index is -5.71. The second-order valence-electron chi connectivity index (χ2n) is 4.77. The van der Waals surface area contributed by atoms with Crippen molar-refractivity contribution in [2.45, 2.75) is 18.0 Å². The molecule has 0 aliphatic carbocycles. The van der Waals surface area contributed by atoms with E-state index in [1.807, 2.05) is 0 Å². The quantitative estimate of drug-likeness (QED) is 0.463. The summed E-state index contributed by atoms with van der Waals surface area (Å²) in [6, 6.07) is 5.96. The summed E-state index contributed by atoms with van der Waals surface area (Å²) in [5.41, 5.74) is -4.69. The van der Waals surface area contributed by atoms with Gasteiger partial charge in [-0.25, -0.2) is 4.79 Å². The third-order valence-corrected chi connectivity index (χ3v) is 4.14. The first kappa shape index (κ1) is 18.3. The smallest absolute Gasteiger partial charge is 0.465 e. The zero-order valence-electron chi connectivity index (χ0n) is 12.4. The Morgan fingerprint density at radius 1 is 1.25 bits per heavy atom. The Hall–Kier alpha value is -2.07. The molecule has 0 N–H and O–H groups in total. The molecule has 1 aliphatic heterocycles. The van der Waals surface area contributed by atoms with Gasteiger partial charge in [-0.2, -0.15) is 21.6 Å². The molecule has 0 bridgehead atoms. The maximum absolute atomic E-state index is 12.3. The van der Waals surface area contributed by atoms with E-state index in [1.54, 1.807) is 0 Å². The number of rotatable bonds is 4. The van der Waals surface area contributed by atoms with E-state index in [4.69, 9.17) is 4.74 Å². The molecule has 0 spiro atoms. The van der Waals surface area contributed by atoms with Crippen molar-refractivity contribution < 1.29 is 40.0 Å². The van der Waals surface area contributed by atoms with Gasteiger partial charge in [0.2, 0.25) is 0 Å². The summed E-state index contributed by atoms with van der Waals surface area (Å²) in [4.78, 5) is 11.3. The van der Waals surface area contributed by atoms with Crippen LogP contribution < -0.4 is 0 Å². The number of benzene rings is 1. The molecule has 1 aromatic carbocycles. The highest BCUT2D eigenvalue weighted by atomic mass is 32.2. The van der Waals surface area contributed by atoms with E-state index >= 15 is 0 Å². The Morgan fingerprint density at radius 3 is 2.42 bits per heavy atom. The van der Waals surface area contributed by atoms with Crippen molar-refractivity contribution in [2.24, 2.45) is 0 Å². The van der Waals surface area contributed by atoms with Gasteiger partial charge in [-0.3, -0.25) is 0 Å². The van der Waals surface area contributed by atoms with E-state index in [9.17, 15) is 26.4 Å². The van der Waals surface area contributed by atoms with Crippen LogP contribution in [0, 0.1) is 0 Å². The summed E-state index contributed by atoms with van der Waals surface area (Å²) in [5.74, 6) is -0.887. The van der Waals surface area contributed by atoms with Crippen LogP contribution in [0.25, 0.3) is 0 Å². The minimum Gasteiger partial charge on any atom is -0.465 e. The van der Waals surface area contributed by atoms with Crippen molar-refractivity contribution in [2.75, 3.05) is 13.7 Å². The molecule has 2 rings (SSSR count). The first-order valence-electron chi connectivity index (χ1n) is 6.65. The van der Waals surface area contributed by atoms with Gasteiger partial charge in [0.1, 0.15) is 11.9 Å². The van der Waals surface area contributed by atoms with Gasteiger partial charge in [-0.1, -0.05) is 12.1 Å². The molecule has 1 unspecified atom stereocenters. The van der Waals surface area contributed by atoms with E-state index in [2.05, 4.69) is 8.92 Å². The lowest BCUT2D eigenvalue weighted by Crippen LogP contribution is -2.26. The van der Waals surface area contributed by atoms with Crippen LogP contribution >= 0.6 is 0 Å². The van der Waals surface area contributed by atoms with Crippen molar-refractivity contribution in [3.05, 3.63) is 47.2 Å². The number of hydrogen-bond acceptors (Lipinski definition) is 6. The Kier molecular flexibility index (Phi) is 5.19. The molecular formula is C14H13F3O6S. The number of esters is 1. The van der Waals surface area contributed by atoms with Gasteiger partial charge in [-0.05, 0) is 23.8 Å². The number of ether oxygens (including phenoxy) is 2. The summed E-state index contributed by atoms with van der Waals surface area (Å²) in [5, 5.41) is 0. The van der Waals surface area contributed by atoms with E-state index in [0.717, 1.165) is 6.08 Å². The largest absolute Gasteiger partial charge is 0.534 e. The fraction of sp³-hybridized carbons (Fsp3) is 0.357. The fourth-order valence-corrected chi connectivity index (χ4v) is 2.48. The molecule has 1 atom stereocenters. The number of carbonyl (C=O) groups excluding carboxylic acids is 1. The topological polar surface area (TPSA) is 78.9 Å². The Balaban J connectivity index is 2.19. The molecule has 0 aromatic heterocycles. The van der Waals surface area contributed by atoms with Crippen molar-refractivity contribution in [3.8, 4) is 0 Å². The Labute approximate surface area is 135 Å². The van der Waals surface area contributed by atoms with Crippen LogP contribution in [0.3, 0.4) is 0 Å². The van der Waals surface area contributed by atoms with Crippen LogP contribution in [0.2, 0.25) is 0 Å². The van der Waals surface area contributed by atoms with Gasteiger partial charge in [0.05, 0.1) is 19.3 Å². The predicted octanol–water partition coefficient (Wildman–Crippen LogP) is 2.68. The average molecular weight is 366 g/mol. The first-order chi connectivity index (χ1) is 11.1. The summed E-state index contributed by atoms with van der Waals surface area (Å²) < 4.78 is 73.2.